The first-order valence-corrected chi connectivity index (χ1v) is 5.95. The van der Waals surface area contributed by atoms with Gasteiger partial charge in [-0.05, 0) is 0 Å². The molecule has 0 aliphatic heterocycles. The average Bonchev–Trinajstić information content (AvgIpc) is 2.36. The third kappa shape index (κ3) is 5.33. The van der Waals surface area contributed by atoms with Gasteiger partial charge >= 0.3 is 12.1 Å². The summed E-state index contributed by atoms with van der Waals surface area (Å²) < 4.78 is 48.2. The van der Waals surface area contributed by atoms with Gasteiger partial charge in [0.15, 0.2) is 0 Å². The molecule has 3 N–H and O–H groups in total. The number of alkyl halides is 3. The second kappa shape index (κ2) is 7.75. The molecule has 8 nitrogen and oxygen atoms in total. The van der Waals surface area contributed by atoms with Crippen molar-refractivity contribution in [2.24, 2.45) is 0 Å². The fourth-order valence-electron chi connectivity index (χ4n) is 1.63. The molecule has 0 radical (unpaired) electrons. The number of rotatable bonds is 8. The SMILES string of the molecule is COCC(COCC(=O)O)Nc1cn[nH]c(=O)c1C(F)(F)F. The lowest BCUT2D eigenvalue weighted by atomic mass is 10.2. The smallest absolute Gasteiger partial charge is 0.423 e. The van der Waals surface area contributed by atoms with Crippen LogP contribution >= 0.6 is 0 Å². The largest absolute Gasteiger partial charge is 0.480 e. The topological polar surface area (TPSA) is 114 Å². The van der Waals surface area contributed by atoms with Gasteiger partial charge in [0.05, 0.1) is 31.1 Å². The molecule has 0 amide bonds. The molecule has 1 rings (SSSR count). The Morgan fingerprint density at radius 1 is 1.50 bits per heavy atom. The van der Waals surface area contributed by atoms with Gasteiger partial charge in [-0.2, -0.15) is 18.3 Å². The minimum Gasteiger partial charge on any atom is -0.480 e. The molecule has 0 aliphatic rings. The number of carbonyl (C=O) groups is 1. The number of carboxylic acid groups (broad SMARTS) is 1. The number of H-pyrrole nitrogens is 1. The number of hydrogen-bond acceptors (Lipinski definition) is 6. The molecule has 1 atom stereocenters. The van der Waals surface area contributed by atoms with Crippen LogP contribution in [0, 0.1) is 0 Å². The van der Waals surface area contributed by atoms with E-state index in [2.05, 4.69) is 10.4 Å². The van der Waals surface area contributed by atoms with E-state index in [4.69, 9.17) is 14.6 Å². The summed E-state index contributed by atoms with van der Waals surface area (Å²) in [4.78, 5) is 21.7. The summed E-state index contributed by atoms with van der Waals surface area (Å²) in [6, 6.07) is -0.797. The lowest BCUT2D eigenvalue weighted by molar-refractivity contribution is -0.142. The summed E-state index contributed by atoms with van der Waals surface area (Å²) in [6.45, 7) is -0.907. The van der Waals surface area contributed by atoms with E-state index in [1.165, 1.54) is 7.11 Å². The standard InChI is InChI=1S/C11H14F3N3O5/c1-21-3-6(4-22-5-8(18)19)16-7-2-15-17-10(20)9(7)11(12,13)14/h2,6H,3-5H2,1H3,(H,18,19)(H2,16,17,20). The highest BCUT2D eigenvalue weighted by Crippen LogP contribution is 2.31. The van der Waals surface area contributed by atoms with Crippen LogP contribution in [-0.2, 0) is 20.4 Å². The number of carboxylic acids is 1. The molecule has 1 unspecified atom stereocenters. The van der Waals surface area contributed by atoms with Gasteiger partial charge in [-0.25, -0.2) is 9.89 Å². The van der Waals surface area contributed by atoms with Crippen LogP contribution in [0.2, 0.25) is 0 Å². The number of ether oxygens (including phenoxy) is 2. The molecule has 0 aromatic carbocycles. The maximum Gasteiger partial charge on any atom is 0.423 e. The van der Waals surface area contributed by atoms with Gasteiger partial charge in [-0.3, -0.25) is 4.79 Å². The van der Waals surface area contributed by atoms with Crippen LogP contribution in [0.15, 0.2) is 11.0 Å². The monoisotopic (exact) mass is 325 g/mol. The third-order valence-corrected chi connectivity index (χ3v) is 2.41. The maximum absolute atomic E-state index is 12.9. The number of nitrogens with zero attached hydrogens (tertiary/aromatic N) is 1. The van der Waals surface area contributed by atoms with Crippen molar-refractivity contribution in [3.05, 3.63) is 22.1 Å². The van der Waals surface area contributed by atoms with Crippen LogP contribution in [0.25, 0.3) is 0 Å². The molecule has 0 saturated heterocycles. The number of hydrogen-bond donors (Lipinski definition) is 3. The number of aromatic nitrogens is 2. The third-order valence-electron chi connectivity index (χ3n) is 2.41. The second-order valence-corrected chi connectivity index (χ2v) is 4.19. The van der Waals surface area contributed by atoms with E-state index in [1.54, 1.807) is 5.10 Å². The molecule has 0 fully saturated rings. The van der Waals surface area contributed by atoms with Crippen molar-refractivity contribution >= 4 is 11.7 Å². The quantitative estimate of drug-likeness (QED) is 0.630. The van der Waals surface area contributed by atoms with Gasteiger partial charge in [-0.1, -0.05) is 0 Å². The normalized spacial score (nSPS) is 12.9. The zero-order valence-electron chi connectivity index (χ0n) is 11.4. The van der Waals surface area contributed by atoms with Gasteiger partial charge in [0, 0.05) is 7.11 Å². The molecule has 1 aromatic rings. The summed E-state index contributed by atoms with van der Waals surface area (Å²) >= 11 is 0. The molecule has 0 aliphatic carbocycles. The van der Waals surface area contributed by atoms with E-state index in [0.717, 1.165) is 6.20 Å². The van der Waals surface area contributed by atoms with Gasteiger partial charge in [-0.15, -0.1) is 0 Å². The van der Waals surface area contributed by atoms with Crippen molar-refractivity contribution in [2.45, 2.75) is 12.2 Å². The van der Waals surface area contributed by atoms with Crippen LogP contribution in [0.1, 0.15) is 5.56 Å². The molecule has 0 saturated carbocycles. The van der Waals surface area contributed by atoms with E-state index < -0.39 is 41.6 Å². The minimum atomic E-state index is -4.88. The first-order chi connectivity index (χ1) is 10.3. The summed E-state index contributed by atoms with van der Waals surface area (Å²) in [5.74, 6) is -1.22. The molecule has 11 heteroatoms. The Balaban J connectivity index is 2.91. The predicted octanol–water partition coefficient (Wildman–Crippen LogP) is 0.317. The van der Waals surface area contributed by atoms with Gasteiger partial charge in [0.25, 0.3) is 5.56 Å². The van der Waals surface area contributed by atoms with E-state index >= 15 is 0 Å². The molecule has 1 heterocycles. The lowest BCUT2D eigenvalue weighted by Gasteiger charge is -2.20. The van der Waals surface area contributed by atoms with Crippen LogP contribution in [0.4, 0.5) is 18.9 Å². The Morgan fingerprint density at radius 3 is 2.73 bits per heavy atom. The predicted molar refractivity (Wildman–Crippen MR) is 67.6 cm³/mol. The molecule has 1 aromatic heterocycles. The fraction of sp³-hybridized carbons (Fsp3) is 0.545. The number of nitrogens with one attached hydrogen (secondary N) is 2. The summed E-state index contributed by atoms with van der Waals surface area (Å²) in [7, 11) is 1.31. The van der Waals surface area contributed by atoms with Gasteiger partial charge in [0.2, 0.25) is 0 Å². The van der Waals surface area contributed by atoms with Crippen molar-refractivity contribution in [1.82, 2.24) is 10.2 Å². The van der Waals surface area contributed by atoms with Crippen molar-refractivity contribution in [3.8, 4) is 0 Å². The maximum atomic E-state index is 12.9. The van der Waals surface area contributed by atoms with Gasteiger partial charge in [0.1, 0.15) is 12.2 Å². The van der Waals surface area contributed by atoms with Crippen LogP contribution in [0.5, 0.6) is 0 Å². The minimum absolute atomic E-state index is 0.0658. The zero-order chi connectivity index (χ0) is 16.8. The van der Waals surface area contributed by atoms with Gasteiger partial charge < -0.3 is 19.9 Å². The zero-order valence-corrected chi connectivity index (χ0v) is 11.4. The van der Waals surface area contributed by atoms with E-state index in [9.17, 15) is 22.8 Å². The Morgan fingerprint density at radius 2 is 2.18 bits per heavy atom. The average molecular weight is 325 g/mol. The van der Waals surface area contributed by atoms with Crippen LogP contribution in [-0.4, -0.2) is 54.2 Å². The van der Waals surface area contributed by atoms with Crippen LogP contribution in [0.3, 0.4) is 0 Å². The second-order valence-electron chi connectivity index (χ2n) is 4.19. The molecular formula is C11H14F3N3O5. The first-order valence-electron chi connectivity index (χ1n) is 5.95. The Hall–Kier alpha value is -2.14. The number of methoxy groups -OCH3 is 1. The summed E-state index contributed by atoms with van der Waals surface area (Å²) in [6.07, 6.45) is -4.07. The molecular weight excluding hydrogens is 311 g/mol. The van der Waals surface area contributed by atoms with Crippen molar-refractivity contribution in [1.29, 1.82) is 0 Å². The highest BCUT2D eigenvalue weighted by Gasteiger charge is 2.37. The molecule has 0 spiro atoms. The van der Waals surface area contributed by atoms with E-state index in [1.807, 2.05) is 0 Å². The molecule has 124 valence electrons. The van der Waals surface area contributed by atoms with E-state index in [-0.39, 0.29) is 13.2 Å². The Kier molecular flexibility index (Phi) is 6.31. The van der Waals surface area contributed by atoms with Crippen molar-refractivity contribution in [3.63, 3.8) is 0 Å². The summed E-state index contributed by atoms with van der Waals surface area (Å²) in [5, 5.41) is 15.9. The highest BCUT2D eigenvalue weighted by molar-refractivity contribution is 5.68. The summed E-state index contributed by atoms with van der Waals surface area (Å²) in [5.41, 5.74) is -3.36. The number of aromatic amines is 1. The molecule has 0 bridgehead atoms. The number of halogens is 3. The number of anilines is 1. The lowest BCUT2D eigenvalue weighted by Crippen LogP contribution is -2.34. The fourth-order valence-corrected chi connectivity index (χ4v) is 1.63. The Bertz CT molecular complexity index is 561. The van der Waals surface area contributed by atoms with Crippen LogP contribution < -0.4 is 10.9 Å². The Labute approximate surface area is 122 Å². The van der Waals surface area contributed by atoms with Crippen molar-refractivity contribution < 1.29 is 32.5 Å². The van der Waals surface area contributed by atoms with Crippen molar-refractivity contribution in [2.75, 3.05) is 32.2 Å². The molecule has 22 heavy (non-hydrogen) atoms. The highest BCUT2D eigenvalue weighted by atomic mass is 19.4. The first kappa shape index (κ1) is 17.9. The number of aliphatic carboxylic acids is 1. The van der Waals surface area contributed by atoms with E-state index in [0.29, 0.717) is 0 Å².